The van der Waals surface area contributed by atoms with E-state index in [1.165, 1.54) is 11.1 Å². The second-order valence-electron chi connectivity index (χ2n) is 4.52. The summed E-state index contributed by atoms with van der Waals surface area (Å²) < 4.78 is 0. The number of aromatic nitrogens is 2. The third-order valence-corrected chi connectivity index (χ3v) is 3.36. The SMILES string of the molecule is Cc1cnc(C2Cc3ccccc32)nc1C(=O)O. The molecule has 0 saturated heterocycles. The van der Waals surface area contributed by atoms with Crippen molar-refractivity contribution >= 4 is 5.97 Å². The van der Waals surface area contributed by atoms with Crippen LogP contribution in [0.15, 0.2) is 30.5 Å². The molecule has 1 aliphatic carbocycles. The summed E-state index contributed by atoms with van der Waals surface area (Å²) in [7, 11) is 0. The summed E-state index contributed by atoms with van der Waals surface area (Å²) in [5.74, 6) is -0.250. The maximum Gasteiger partial charge on any atom is 0.354 e. The zero-order valence-corrected chi connectivity index (χ0v) is 9.92. The van der Waals surface area contributed by atoms with Gasteiger partial charge < -0.3 is 5.11 Å². The van der Waals surface area contributed by atoms with E-state index in [-0.39, 0.29) is 11.6 Å². The number of carbonyl (C=O) groups is 1. The first-order valence-corrected chi connectivity index (χ1v) is 5.81. The molecule has 0 saturated carbocycles. The lowest BCUT2D eigenvalue weighted by atomic mass is 9.77. The number of aromatic carboxylic acids is 1. The lowest BCUT2D eigenvalue weighted by Crippen LogP contribution is -2.21. The van der Waals surface area contributed by atoms with E-state index in [0.717, 1.165) is 6.42 Å². The molecule has 0 aliphatic heterocycles. The van der Waals surface area contributed by atoms with Gasteiger partial charge in [0.05, 0.1) is 0 Å². The summed E-state index contributed by atoms with van der Waals surface area (Å²) in [4.78, 5) is 19.5. The van der Waals surface area contributed by atoms with Crippen molar-refractivity contribution in [2.24, 2.45) is 0 Å². The second-order valence-corrected chi connectivity index (χ2v) is 4.52. The molecule has 18 heavy (non-hydrogen) atoms. The molecule has 4 heteroatoms. The number of carboxylic acids is 1. The van der Waals surface area contributed by atoms with Crippen LogP contribution in [0.1, 0.15) is 38.9 Å². The Hall–Kier alpha value is -2.23. The minimum atomic E-state index is -0.997. The molecule has 3 rings (SSSR count). The first kappa shape index (κ1) is 10.9. The Labute approximate surface area is 104 Å². The van der Waals surface area contributed by atoms with Crippen molar-refractivity contribution in [2.75, 3.05) is 0 Å². The van der Waals surface area contributed by atoms with E-state index in [0.29, 0.717) is 11.4 Å². The van der Waals surface area contributed by atoms with Crippen molar-refractivity contribution in [2.45, 2.75) is 19.3 Å². The monoisotopic (exact) mass is 240 g/mol. The maximum absolute atomic E-state index is 11.1. The van der Waals surface area contributed by atoms with Crippen LogP contribution in [0.2, 0.25) is 0 Å². The van der Waals surface area contributed by atoms with Gasteiger partial charge in [0.15, 0.2) is 5.69 Å². The van der Waals surface area contributed by atoms with E-state index in [4.69, 9.17) is 5.11 Å². The molecule has 0 amide bonds. The van der Waals surface area contributed by atoms with E-state index in [2.05, 4.69) is 16.0 Å². The molecule has 90 valence electrons. The number of hydrogen-bond donors (Lipinski definition) is 1. The van der Waals surface area contributed by atoms with Crippen LogP contribution in [0, 0.1) is 6.92 Å². The van der Waals surface area contributed by atoms with Gasteiger partial charge in [0.1, 0.15) is 5.82 Å². The Morgan fingerprint density at radius 2 is 2.17 bits per heavy atom. The molecule has 1 aliphatic rings. The molecule has 1 atom stereocenters. The molecule has 0 radical (unpaired) electrons. The van der Waals surface area contributed by atoms with Gasteiger partial charge in [0.2, 0.25) is 0 Å². The van der Waals surface area contributed by atoms with Crippen molar-refractivity contribution in [3.8, 4) is 0 Å². The first-order valence-electron chi connectivity index (χ1n) is 5.81. The summed E-state index contributed by atoms with van der Waals surface area (Å²) in [6, 6.07) is 8.12. The average molecular weight is 240 g/mol. The lowest BCUT2D eigenvalue weighted by Gasteiger charge is -2.28. The Balaban J connectivity index is 2.01. The zero-order chi connectivity index (χ0) is 12.7. The fourth-order valence-electron chi connectivity index (χ4n) is 2.33. The van der Waals surface area contributed by atoms with Crippen LogP contribution in [0.5, 0.6) is 0 Å². The Morgan fingerprint density at radius 1 is 1.39 bits per heavy atom. The Bertz CT molecular complexity index is 637. The Kier molecular flexibility index (Phi) is 2.37. The predicted octanol–water partition coefficient (Wildman–Crippen LogP) is 2.17. The minimum Gasteiger partial charge on any atom is -0.477 e. The van der Waals surface area contributed by atoms with Gasteiger partial charge in [-0.15, -0.1) is 0 Å². The van der Waals surface area contributed by atoms with Crippen molar-refractivity contribution in [1.82, 2.24) is 9.97 Å². The summed E-state index contributed by atoms with van der Waals surface area (Å²) in [5, 5.41) is 9.07. The number of nitrogens with zero attached hydrogens (tertiary/aromatic N) is 2. The third kappa shape index (κ3) is 1.57. The summed E-state index contributed by atoms with van der Waals surface area (Å²) in [6.07, 6.45) is 2.48. The molecule has 0 spiro atoms. The van der Waals surface area contributed by atoms with Crippen LogP contribution in [-0.2, 0) is 6.42 Å². The van der Waals surface area contributed by atoms with Crippen LogP contribution in [-0.4, -0.2) is 21.0 Å². The van der Waals surface area contributed by atoms with E-state index >= 15 is 0 Å². The van der Waals surface area contributed by atoms with Gasteiger partial charge in [-0.05, 0) is 24.5 Å². The van der Waals surface area contributed by atoms with Crippen molar-refractivity contribution in [3.63, 3.8) is 0 Å². The molecule has 4 nitrogen and oxygen atoms in total. The maximum atomic E-state index is 11.1. The first-order chi connectivity index (χ1) is 8.66. The topological polar surface area (TPSA) is 63.1 Å². The van der Waals surface area contributed by atoms with Gasteiger partial charge in [0.25, 0.3) is 0 Å². The molecule has 1 heterocycles. The van der Waals surface area contributed by atoms with Crippen molar-refractivity contribution in [1.29, 1.82) is 0 Å². The number of rotatable bonds is 2. The largest absolute Gasteiger partial charge is 0.477 e. The van der Waals surface area contributed by atoms with Crippen LogP contribution in [0.25, 0.3) is 0 Å². The van der Waals surface area contributed by atoms with Crippen LogP contribution in [0.3, 0.4) is 0 Å². The highest BCUT2D eigenvalue weighted by Crippen LogP contribution is 2.38. The van der Waals surface area contributed by atoms with Crippen LogP contribution >= 0.6 is 0 Å². The fraction of sp³-hybridized carbons (Fsp3) is 0.214. The van der Waals surface area contributed by atoms with Gasteiger partial charge >= 0.3 is 5.97 Å². The molecule has 1 aromatic heterocycles. The summed E-state index contributed by atoms with van der Waals surface area (Å²) >= 11 is 0. The highest BCUT2D eigenvalue weighted by atomic mass is 16.4. The van der Waals surface area contributed by atoms with E-state index in [1.54, 1.807) is 13.1 Å². The average Bonchev–Trinajstić information content (AvgIpc) is 2.32. The Morgan fingerprint density at radius 3 is 2.89 bits per heavy atom. The smallest absolute Gasteiger partial charge is 0.354 e. The van der Waals surface area contributed by atoms with E-state index in [1.807, 2.05) is 18.2 Å². The van der Waals surface area contributed by atoms with Gasteiger partial charge in [-0.3, -0.25) is 0 Å². The standard InChI is InChI=1S/C14H12N2O2/c1-8-7-15-13(16-12(8)14(17)18)11-6-9-4-2-3-5-10(9)11/h2-5,7,11H,6H2,1H3,(H,17,18). The number of carboxylic acid groups (broad SMARTS) is 1. The molecule has 1 unspecified atom stereocenters. The molecular weight excluding hydrogens is 228 g/mol. The minimum absolute atomic E-state index is 0.101. The van der Waals surface area contributed by atoms with Gasteiger partial charge in [-0.25, -0.2) is 14.8 Å². The number of hydrogen-bond acceptors (Lipinski definition) is 3. The summed E-state index contributed by atoms with van der Waals surface area (Å²) in [6.45, 7) is 1.71. The van der Waals surface area contributed by atoms with Gasteiger partial charge in [0, 0.05) is 17.7 Å². The fourth-order valence-corrected chi connectivity index (χ4v) is 2.33. The third-order valence-electron chi connectivity index (χ3n) is 3.36. The van der Waals surface area contributed by atoms with Crippen LogP contribution in [0.4, 0.5) is 0 Å². The lowest BCUT2D eigenvalue weighted by molar-refractivity contribution is 0.0689. The molecule has 0 fully saturated rings. The number of fused-ring (bicyclic) bond motifs is 1. The molecule has 1 N–H and O–H groups in total. The number of aryl methyl sites for hydroxylation is 1. The van der Waals surface area contributed by atoms with Crippen molar-refractivity contribution in [3.05, 3.63) is 58.7 Å². The van der Waals surface area contributed by atoms with Gasteiger partial charge in [-0.1, -0.05) is 24.3 Å². The molecular formula is C14H12N2O2. The van der Waals surface area contributed by atoms with E-state index in [9.17, 15) is 4.79 Å². The second kappa shape index (κ2) is 3.91. The molecule has 1 aromatic carbocycles. The highest BCUT2D eigenvalue weighted by Gasteiger charge is 2.30. The normalized spacial score (nSPS) is 16.8. The van der Waals surface area contributed by atoms with Crippen LogP contribution < -0.4 is 0 Å². The highest BCUT2D eigenvalue weighted by molar-refractivity contribution is 5.86. The van der Waals surface area contributed by atoms with Gasteiger partial charge in [-0.2, -0.15) is 0 Å². The van der Waals surface area contributed by atoms with Crippen molar-refractivity contribution < 1.29 is 9.90 Å². The zero-order valence-electron chi connectivity index (χ0n) is 9.92. The molecule has 2 aromatic rings. The van der Waals surface area contributed by atoms with E-state index < -0.39 is 5.97 Å². The predicted molar refractivity (Wildman–Crippen MR) is 65.7 cm³/mol. The quantitative estimate of drug-likeness (QED) is 0.873. The summed E-state index contributed by atoms with van der Waals surface area (Å²) in [5.41, 5.74) is 3.20. The number of benzene rings is 1. The molecule has 0 bridgehead atoms.